The SMILES string of the molecule is CC1OC(=O)Nc2ccc(C#N)cc21. The Morgan fingerprint density at radius 2 is 2.36 bits per heavy atom. The first kappa shape index (κ1) is 8.57. The van der Waals surface area contributed by atoms with Gasteiger partial charge in [-0.3, -0.25) is 5.32 Å². The van der Waals surface area contributed by atoms with Gasteiger partial charge in [-0.15, -0.1) is 0 Å². The molecule has 1 unspecified atom stereocenters. The zero-order valence-corrected chi connectivity index (χ0v) is 7.57. The Bertz CT molecular complexity index is 434. The summed E-state index contributed by atoms with van der Waals surface area (Å²) < 4.78 is 4.95. The molecule has 1 N–H and O–H groups in total. The van der Waals surface area contributed by atoms with Crippen molar-refractivity contribution in [1.82, 2.24) is 0 Å². The minimum atomic E-state index is -0.449. The van der Waals surface area contributed by atoms with E-state index in [0.717, 1.165) is 5.56 Å². The van der Waals surface area contributed by atoms with Crippen molar-refractivity contribution in [3.8, 4) is 6.07 Å². The van der Waals surface area contributed by atoms with Crippen molar-refractivity contribution in [1.29, 1.82) is 5.26 Å². The van der Waals surface area contributed by atoms with Crippen molar-refractivity contribution in [3.05, 3.63) is 29.3 Å². The number of hydrogen-bond donors (Lipinski definition) is 1. The van der Waals surface area contributed by atoms with Crippen LogP contribution in [0.4, 0.5) is 10.5 Å². The van der Waals surface area contributed by atoms with E-state index < -0.39 is 6.09 Å². The van der Waals surface area contributed by atoms with Crippen LogP contribution in [0.5, 0.6) is 0 Å². The first-order valence-corrected chi connectivity index (χ1v) is 4.22. The molecule has 1 aliphatic heterocycles. The first-order chi connectivity index (χ1) is 6.70. The second-order valence-corrected chi connectivity index (χ2v) is 3.09. The zero-order valence-electron chi connectivity index (χ0n) is 7.57. The summed E-state index contributed by atoms with van der Waals surface area (Å²) in [5.74, 6) is 0. The van der Waals surface area contributed by atoms with Crippen LogP contribution in [0, 0.1) is 11.3 Å². The van der Waals surface area contributed by atoms with Gasteiger partial charge in [0.1, 0.15) is 6.10 Å². The maximum absolute atomic E-state index is 11.0. The largest absolute Gasteiger partial charge is 0.441 e. The molecule has 2 rings (SSSR count). The Kier molecular flexibility index (Phi) is 1.86. The Morgan fingerprint density at radius 3 is 3.07 bits per heavy atom. The molecule has 1 heterocycles. The predicted molar refractivity (Wildman–Crippen MR) is 49.7 cm³/mol. The molecule has 1 amide bonds. The summed E-state index contributed by atoms with van der Waals surface area (Å²) in [6.07, 6.45) is -0.748. The van der Waals surface area contributed by atoms with Crippen LogP contribution in [-0.4, -0.2) is 6.09 Å². The van der Waals surface area contributed by atoms with Gasteiger partial charge in [0.05, 0.1) is 17.3 Å². The van der Waals surface area contributed by atoms with Crippen LogP contribution in [0.1, 0.15) is 24.2 Å². The molecule has 0 radical (unpaired) electrons. The molecule has 0 spiro atoms. The Balaban J connectivity index is 2.50. The number of carbonyl (C=O) groups excluding carboxylic acids is 1. The van der Waals surface area contributed by atoms with Crippen molar-refractivity contribution in [2.75, 3.05) is 5.32 Å². The van der Waals surface area contributed by atoms with Gasteiger partial charge in [-0.05, 0) is 25.1 Å². The average Bonchev–Trinajstić information content (AvgIpc) is 2.17. The standard InChI is InChI=1S/C10H8N2O2/c1-6-8-4-7(5-11)2-3-9(8)12-10(13)14-6/h2-4,6H,1H3,(H,12,13). The minimum Gasteiger partial charge on any atom is -0.441 e. The molecule has 0 saturated carbocycles. The van der Waals surface area contributed by atoms with E-state index >= 15 is 0 Å². The maximum atomic E-state index is 11.0. The smallest absolute Gasteiger partial charge is 0.412 e. The Hall–Kier alpha value is -2.02. The van der Waals surface area contributed by atoms with E-state index in [4.69, 9.17) is 10.00 Å². The number of carbonyl (C=O) groups is 1. The molecule has 1 aromatic rings. The second-order valence-electron chi connectivity index (χ2n) is 3.09. The van der Waals surface area contributed by atoms with E-state index in [2.05, 4.69) is 5.32 Å². The molecule has 0 saturated heterocycles. The summed E-state index contributed by atoms with van der Waals surface area (Å²) in [5.41, 5.74) is 2.12. The topological polar surface area (TPSA) is 62.1 Å². The van der Waals surface area contributed by atoms with Gasteiger partial charge in [-0.25, -0.2) is 4.79 Å². The first-order valence-electron chi connectivity index (χ1n) is 4.22. The molecule has 1 aromatic carbocycles. The van der Waals surface area contributed by atoms with Gasteiger partial charge >= 0.3 is 6.09 Å². The third-order valence-corrected chi connectivity index (χ3v) is 2.14. The molecule has 4 heteroatoms. The highest BCUT2D eigenvalue weighted by molar-refractivity contribution is 5.88. The van der Waals surface area contributed by atoms with Crippen LogP contribution < -0.4 is 5.32 Å². The highest BCUT2D eigenvalue weighted by Gasteiger charge is 2.22. The van der Waals surface area contributed by atoms with Crippen LogP contribution in [0.25, 0.3) is 0 Å². The molecule has 0 bridgehead atoms. The lowest BCUT2D eigenvalue weighted by Crippen LogP contribution is -2.23. The summed E-state index contributed by atoms with van der Waals surface area (Å²) in [4.78, 5) is 11.0. The highest BCUT2D eigenvalue weighted by Crippen LogP contribution is 2.30. The van der Waals surface area contributed by atoms with Crippen LogP contribution in [0.2, 0.25) is 0 Å². The van der Waals surface area contributed by atoms with Crippen LogP contribution in [0.15, 0.2) is 18.2 Å². The molecular formula is C10H8N2O2. The molecule has 1 aliphatic rings. The number of nitrogens with zero attached hydrogens (tertiary/aromatic N) is 1. The molecule has 0 aliphatic carbocycles. The maximum Gasteiger partial charge on any atom is 0.412 e. The number of fused-ring (bicyclic) bond motifs is 1. The fourth-order valence-electron chi connectivity index (χ4n) is 1.45. The van der Waals surface area contributed by atoms with E-state index in [-0.39, 0.29) is 6.10 Å². The van der Waals surface area contributed by atoms with Crippen molar-refractivity contribution >= 4 is 11.8 Å². The van der Waals surface area contributed by atoms with Gasteiger partial charge < -0.3 is 4.74 Å². The summed E-state index contributed by atoms with van der Waals surface area (Å²) >= 11 is 0. The fraction of sp³-hybridized carbons (Fsp3) is 0.200. The van der Waals surface area contributed by atoms with E-state index in [1.165, 1.54) is 0 Å². The van der Waals surface area contributed by atoms with Gasteiger partial charge in [0.25, 0.3) is 0 Å². The van der Waals surface area contributed by atoms with Gasteiger partial charge in [0.2, 0.25) is 0 Å². The van der Waals surface area contributed by atoms with Gasteiger partial charge in [-0.2, -0.15) is 5.26 Å². The Morgan fingerprint density at radius 1 is 1.57 bits per heavy atom. The van der Waals surface area contributed by atoms with Crippen molar-refractivity contribution in [3.63, 3.8) is 0 Å². The number of cyclic esters (lactones) is 1. The molecule has 4 nitrogen and oxygen atoms in total. The number of nitrogens with one attached hydrogen (secondary N) is 1. The van der Waals surface area contributed by atoms with Gasteiger partial charge in [0, 0.05) is 5.56 Å². The highest BCUT2D eigenvalue weighted by atomic mass is 16.6. The number of nitriles is 1. The molecule has 0 fully saturated rings. The van der Waals surface area contributed by atoms with Crippen molar-refractivity contribution in [2.24, 2.45) is 0 Å². The van der Waals surface area contributed by atoms with Crippen LogP contribution in [0.3, 0.4) is 0 Å². The number of rotatable bonds is 0. The summed E-state index contributed by atoms with van der Waals surface area (Å²) in [7, 11) is 0. The fourth-order valence-corrected chi connectivity index (χ4v) is 1.45. The van der Waals surface area contributed by atoms with E-state index in [1.54, 1.807) is 25.1 Å². The lowest BCUT2D eigenvalue weighted by atomic mass is 10.0. The number of anilines is 1. The number of hydrogen-bond acceptors (Lipinski definition) is 3. The Labute approximate surface area is 81.1 Å². The summed E-state index contributed by atoms with van der Waals surface area (Å²) in [6.45, 7) is 1.78. The van der Waals surface area contributed by atoms with E-state index in [1.807, 2.05) is 6.07 Å². The van der Waals surface area contributed by atoms with E-state index in [9.17, 15) is 4.79 Å². The lowest BCUT2D eigenvalue weighted by Gasteiger charge is -2.23. The third-order valence-electron chi connectivity index (χ3n) is 2.14. The molecular weight excluding hydrogens is 180 g/mol. The van der Waals surface area contributed by atoms with Crippen LogP contribution in [-0.2, 0) is 4.74 Å². The average molecular weight is 188 g/mol. The third kappa shape index (κ3) is 1.29. The quantitative estimate of drug-likeness (QED) is 0.678. The lowest BCUT2D eigenvalue weighted by molar-refractivity contribution is 0.116. The monoisotopic (exact) mass is 188 g/mol. The second kappa shape index (κ2) is 3.04. The van der Waals surface area contributed by atoms with Crippen molar-refractivity contribution < 1.29 is 9.53 Å². The minimum absolute atomic E-state index is 0.299. The number of ether oxygens (including phenoxy) is 1. The van der Waals surface area contributed by atoms with Crippen LogP contribution >= 0.6 is 0 Å². The van der Waals surface area contributed by atoms with Crippen molar-refractivity contribution in [2.45, 2.75) is 13.0 Å². The van der Waals surface area contributed by atoms with E-state index in [0.29, 0.717) is 11.3 Å². The zero-order chi connectivity index (χ0) is 10.1. The number of benzene rings is 1. The normalized spacial score (nSPS) is 18.9. The summed E-state index contributed by atoms with van der Waals surface area (Å²) in [5, 5.41) is 11.3. The molecule has 1 atom stereocenters. The number of amides is 1. The molecule has 0 aromatic heterocycles. The van der Waals surface area contributed by atoms with Gasteiger partial charge in [0.15, 0.2) is 0 Å². The molecule has 70 valence electrons. The molecule has 14 heavy (non-hydrogen) atoms. The predicted octanol–water partition coefficient (Wildman–Crippen LogP) is 2.18. The summed E-state index contributed by atoms with van der Waals surface area (Å²) in [6, 6.07) is 7.14. The van der Waals surface area contributed by atoms with Gasteiger partial charge in [-0.1, -0.05) is 0 Å².